The Kier molecular flexibility index (Phi) is 45.5. The minimum atomic E-state index is -3.92. The van der Waals surface area contributed by atoms with Crippen molar-refractivity contribution in [3.05, 3.63) is 0 Å². The predicted octanol–water partition coefficient (Wildman–Crippen LogP) is 18.7. The van der Waals surface area contributed by atoms with Crippen LogP contribution in [0.4, 0.5) is 0 Å². The van der Waals surface area contributed by atoms with E-state index in [-0.39, 0.29) is 11.9 Å². The first-order chi connectivity index (χ1) is 28.9. The minimum Gasteiger partial charge on any atom is -0.0654 e. The van der Waals surface area contributed by atoms with Crippen LogP contribution in [0.1, 0.15) is 298 Å². The fraction of sp³-hybridized carbons (Fsp3) is 0.962. The molecule has 0 fully saturated rings. The number of carbonyl (C=O) groups excluding carboxylic acids is 2. The molecule has 0 unspecified atom stereocenters. The van der Waals surface area contributed by atoms with Gasteiger partial charge in [0.15, 0.2) is 0 Å². The van der Waals surface area contributed by atoms with E-state index in [1.807, 2.05) is 0 Å². The zero-order valence-corrected chi connectivity index (χ0v) is 46.9. The number of hydrogen-bond donors (Lipinski definition) is 0. The van der Waals surface area contributed by atoms with Crippen LogP contribution in [-0.2, 0) is 17.1 Å². The van der Waals surface area contributed by atoms with Crippen LogP contribution >= 0.6 is 0 Å². The molecule has 5 nitrogen and oxygen atoms in total. The average Bonchev–Trinajstić information content (AvgIpc) is 3.23. The van der Waals surface area contributed by atoms with Gasteiger partial charge < -0.3 is 0 Å². The first-order valence-corrected chi connectivity index (χ1v) is 39.7. The molecule has 0 saturated heterocycles. The summed E-state index contributed by atoms with van der Waals surface area (Å²) in [6.07, 6.45) is 49.0. The van der Waals surface area contributed by atoms with E-state index >= 15 is 0 Å². The predicted molar refractivity (Wildman–Crippen MR) is 263 cm³/mol. The van der Waals surface area contributed by atoms with Crippen molar-refractivity contribution in [3.63, 3.8) is 0 Å². The first kappa shape index (κ1) is 59.5. The zero-order valence-electron chi connectivity index (χ0n) is 41.2. The maximum absolute atomic E-state index is 13.7. The second-order valence-electron chi connectivity index (χ2n) is 18.7. The van der Waals surface area contributed by atoms with E-state index in [1.165, 1.54) is 167 Å². The Hall–Kier alpha value is 0.497. The molecule has 0 N–H and O–H groups in total. The molecule has 0 aromatic carbocycles. The number of hydrogen-bond acceptors (Lipinski definition) is 5. The molecule has 352 valence electrons. The quantitative estimate of drug-likeness (QED) is 0.0449. The fourth-order valence-electron chi connectivity index (χ4n) is 8.62. The molecule has 0 heterocycles. The van der Waals surface area contributed by atoms with E-state index in [9.17, 15) is 9.59 Å². The number of rotatable bonds is 48. The Morgan fingerprint density at radius 3 is 0.661 bits per heavy atom. The molecule has 0 radical (unpaired) electrons. The van der Waals surface area contributed by atoms with E-state index in [0.717, 1.165) is 94.8 Å². The Morgan fingerprint density at radius 2 is 0.458 bits per heavy atom. The summed E-state index contributed by atoms with van der Waals surface area (Å²) in [6.45, 7) is 13.5. The topological polar surface area (TPSA) is 61.8 Å². The molecule has 7 heteroatoms. The normalized spacial score (nSPS) is 12.0. The van der Waals surface area contributed by atoms with E-state index in [4.69, 9.17) is 7.56 Å². The van der Waals surface area contributed by atoms with Crippen molar-refractivity contribution in [2.24, 2.45) is 0 Å². The van der Waals surface area contributed by atoms with Crippen LogP contribution in [-0.4, -0.2) is 50.3 Å². The van der Waals surface area contributed by atoms with Crippen LogP contribution in [0.5, 0.6) is 0 Å². The Morgan fingerprint density at radius 1 is 0.271 bits per heavy atom. The van der Waals surface area contributed by atoms with Gasteiger partial charge in [0.25, 0.3) is 0 Å². The van der Waals surface area contributed by atoms with Crippen LogP contribution in [0, 0.1) is 0 Å². The van der Waals surface area contributed by atoms with Crippen molar-refractivity contribution in [1.82, 2.24) is 0 Å². The van der Waals surface area contributed by atoms with Crippen molar-refractivity contribution in [2.45, 2.75) is 316 Å². The molecule has 0 amide bonds. The van der Waals surface area contributed by atoms with Crippen LogP contribution < -0.4 is 0 Å². The molecule has 0 aromatic heterocycles. The Balaban J connectivity index is 5.05. The summed E-state index contributed by atoms with van der Waals surface area (Å²) in [5.74, 6) is -0.0593. The van der Waals surface area contributed by atoms with Gasteiger partial charge in [0, 0.05) is 0 Å². The molecule has 0 saturated carbocycles. The molecule has 0 bridgehead atoms. The first-order valence-electron chi connectivity index (χ1n) is 27.0. The fourth-order valence-corrected chi connectivity index (χ4v) is 50.1. The zero-order chi connectivity index (χ0) is 43.4. The van der Waals surface area contributed by atoms with Crippen LogP contribution in [0.25, 0.3) is 0 Å². The van der Waals surface area contributed by atoms with Crippen molar-refractivity contribution in [2.75, 3.05) is 0 Å². The summed E-state index contributed by atoms with van der Waals surface area (Å²) in [7, 11) is 0. The van der Waals surface area contributed by atoms with E-state index < -0.39 is 38.4 Å². The third-order valence-electron chi connectivity index (χ3n) is 12.6. The Labute approximate surface area is 380 Å². The van der Waals surface area contributed by atoms with Crippen LogP contribution in [0.2, 0.25) is 17.7 Å². The smallest absolute Gasteiger partial charge is 0.0654 e. The van der Waals surface area contributed by atoms with Gasteiger partial charge in [-0.05, 0) is 0 Å². The third kappa shape index (κ3) is 37.6. The standard InChI is InChI=1S/2C18H36O2.4C4H9.O.2Sn/c2*1-2-3-4-5-6-7-8-9-10-11-12-13-14-15-16-17-18(19)20;4*1-3-4-2;;;/h2*2-17H2,1H3,(H,19,20);4*1,3-4H2,2H3;;;/q;;;;;;;2*+1/p-2. The molecule has 0 aliphatic rings. The van der Waals surface area contributed by atoms with Gasteiger partial charge in [-0.1, -0.05) is 90.9 Å². The molecule has 0 rings (SSSR count). The van der Waals surface area contributed by atoms with Gasteiger partial charge in [0.2, 0.25) is 0 Å². The van der Waals surface area contributed by atoms with Gasteiger partial charge in [-0.3, -0.25) is 0 Å². The monoisotopic (exact) mass is 1050 g/mol. The van der Waals surface area contributed by atoms with Gasteiger partial charge in [-0.2, -0.15) is 0 Å². The molecule has 0 aliphatic heterocycles. The third-order valence-corrected chi connectivity index (χ3v) is 45.1. The van der Waals surface area contributed by atoms with E-state index in [1.54, 1.807) is 0 Å². The molecule has 0 aliphatic carbocycles. The van der Waals surface area contributed by atoms with Gasteiger partial charge in [-0.15, -0.1) is 0 Å². The molecular weight excluding hydrogens is 942 g/mol. The summed E-state index contributed by atoms with van der Waals surface area (Å²) in [4.78, 5) is 27.4. The number of unbranched alkanes of at least 4 members (excludes halogenated alkanes) is 32. The summed E-state index contributed by atoms with van der Waals surface area (Å²) in [5, 5.41) is 0. The summed E-state index contributed by atoms with van der Waals surface area (Å²) < 4.78 is 24.7. The van der Waals surface area contributed by atoms with Crippen molar-refractivity contribution in [1.29, 1.82) is 0 Å². The van der Waals surface area contributed by atoms with Crippen molar-refractivity contribution < 1.29 is 17.1 Å². The summed E-state index contributed by atoms with van der Waals surface area (Å²) in [6, 6.07) is 0. The van der Waals surface area contributed by atoms with Gasteiger partial charge in [0.05, 0.1) is 0 Å². The average molecular weight is 1050 g/mol. The van der Waals surface area contributed by atoms with Crippen molar-refractivity contribution >= 4 is 50.3 Å². The van der Waals surface area contributed by atoms with Crippen LogP contribution in [0.3, 0.4) is 0 Å². The molecule has 59 heavy (non-hydrogen) atoms. The van der Waals surface area contributed by atoms with Gasteiger partial charge in [0.1, 0.15) is 0 Å². The Bertz CT molecular complexity index is 812. The van der Waals surface area contributed by atoms with E-state index in [0.29, 0.717) is 12.8 Å². The minimum absolute atomic E-state index is 0.0296. The van der Waals surface area contributed by atoms with Gasteiger partial charge in [-0.25, -0.2) is 0 Å². The summed E-state index contributed by atoms with van der Waals surface area (Å²) in [5.41, 5.74) is 0. The summed E-state index contributed by atoms with van der Waals surface area (Å²) >= 11 is -7.84. The molecular formula is C52H106O5Sn2. The second-order valence-corrected chi connectivity index (χ2v) is 40.4. The molecule has 0 aromatic rings. The molecule has 0 spiro atoms. The number of carbonyl (C=O) groups is 2. The van der Waals surface area contributed by atoms with E-state index in [2.05, 4.69) is 41.5 Å². The molecule has 0 atom stereocenters. The maximum atomic E-state index is 13.7. The van der Waals surface area contributed by atoms with Crippen LogP contribution in [0.15, 0.2) is 0 Å². The SMILES string of the molecule is CCCCCCCCCCCCCCCCCC(=O)[O][Sn]([CH2]CCC)([CH2]CCC)[O][Sn]([CH2]CCC)([CH2]CCC)[O]C(=O)CCCCCCCCCCCCCCCCC. The van der Waals surface area contributed by atoms with Crippen molar-refractivity contribution in [3.8, 4) is 0 Å². The second kappa shape index (κ2) is 45.1. The van der Waals surface area contributed by atoms with Gasteiger partial charge >= 0.3 is 293 Å².